The van der Waals surface area contributed by atoms with Gasteiger partial charge in [0.15, 0.2) is 55.5 Å². The fourth-order valence-corrected chi connectivity index (χ4v) is 14.6. The molecule has 3 aliphatic heterocycles. The predicted octanol–water partition coefficient (Wildman–Crippen LogP) is 1.78. The minimum absolute atomic E-state index is 0.0548. The third-order valence-corrected chi connectivity index (χ3v) is 20.0. The van der Waals surface area contributed by atoms with Crippen LogP contribution in [0.3, 0.4) is 0 Å². The number of esters is 9. The van der Waals surface area contributed by atoms with E-state index in [9.17, 15) is 81.8 Å². The number of carbonyl (C=O) groups excluding carboxylic acids is 16. The number of amides is 7. The molecule has 0 radical (unpaired) electrons. The molecule has 17 atom stereocenters. The van der Waals surface area contributed by atoms with Crippen LogP contribution in [0.1, 0.15) is 218 Å². The van der Waals surface area contributed by atoms with E-state index < -0.39 is 207 Å². The van der Waals surface area contributed by atoms with Gasteiger partial charge in [-0.3, -0.25) is 76.7 Å². The highest BCUT2D eigenvalue weighted by Gasteiger charge is 2.55. The van der Waals surface area contributed by atoms with Crippen molar-refractivity contribution in [3.05, 3.63) is 0 Å². The summed E-state index contributed by atoms with van der Waals surface area (Å²) in [5.74, 6) is -9.51. The summed E-state index contributed by atoms with van der Waals surface area (Å²) >= 11 is 0. The Hall–Kier alpha value is -8.88. The van der Waals surface area contributed by atoms with E-state index in [-0.39, 0.29) is 122 Å². The lowest BCUT2D eigenvalue weighted by atomic mass is 9.82. The smallest absolute Gasteiger partial charge is 0.303 e. The summed E-state index contributed by atoms with van der Waals surface area (Å²) in [6, 6.07) is -3.44. The topological polar surface area (TPSA) is 535 Å². The molecule has 4 fully saturated rings. The molecule has 42 heteroatoms. The maximum atomic E-state index is 14.4. The van der Waals surface area contributed by atoms with Crippen molar-refractivity contribution in [1.82, 2.24) is 36.8 Å². The van der Waals surface area contributed by atoms with Gasteiger partial charge in [-0.05, 0) is 83.5 Å². The third-order valence-electron chi connectivity index (χ3n) is 20.0. The second kappa shape index (κ2) is 60.0. The molecule has 0 unspecified atom stereocenters. The van der Waals surface area contributed by atoms with Crippen molar-refractivity contribution in [3.8, 4) is 0 Å². The van der Waals surface area contributed by atoms with E-state index in [0.717, 1.165) is 54.4 Å². The van der Waals surface area contributed by atoms with Gasteiger partial charge in [0.2, 0.25) is 41.4 Å². The zero-order valence-electron chi connectivity index (χ0n) is 74.5. The van der Waals surface area contributed by atoms with Gasteiger partial charge in [-0.15, -0.1) is 0 Å². The van der Waals surface area contributed by atoms with Gasteiger partial charge >= 0.3 is 53.7 Å². The zero-order valence-corrected chi connectivity index (χ0v) is 74.5. The maximum Gasteiger partial charge on any atom is 0.303 e. The molecular weight excluding hydrogens is 1650 g/mol. The highest BCUT2D eigenvalue weighted by Crippen LogP contribution is 2.35. The van der Waals surface area contributed by atoms with Crippen molar-refractivity contribution >= 4 is 95.1 Å². The van der Waals surface area contributed by atoms with Crippen LogP contribution in [-0.4, -0.2) is 315 Å². The first-order chi connectivity index (χ1) is 59.5. The van der Waals surface area contributed by atoms with Gasteiger partial charge in [-0.25, -0.2) is 0 Å². The van der Waals surface area contributed by atoms with Gasteiger partial charge in [0.25, 0.3) is 0 Å². The number of nitrogens with zero attached hydrogens (tertiary/aromatic N) is 1. The summed E-state index contributed by atoms with van der Waals surface area (Å²) in [4.78, 5) is 202. The average Bonchev–Trinajstić information content (AvgIpc) is 0.794. The van der Waals surface area contributed by atoms with Crippen molar-refractivity contribution < 1.29 is 167 Å². The fraction of sp³-hybridized carbons (Fsp3) is 0.807. The summed E-state index contributed by atoms with van der Waals surface area (Å²) in [6.07, 6.45) is -8.01. The molecule has 0 bridgehead atoms. The van der Waals surface area contributed by atoms with Crippen LogP contribution in [0, 0.1) is 5.92 Å². The number of nitrogens with one attached hydrogen (secondary N) is 6. The predicted molar refractivity (Wildman–Crippen MR) is 433 cm³/mol. The minimum atomic E-state index is -1.29. The molecule has 3 heterocycles. The normalized spacial score (nSPS) is 25.1. The Bertz CT molecular complexity index is 3270. The molecule has 712 valence electrons. The second-order valence-corrected chi connectivity index (χ2v) is 31.0. The van der Waals surface area contributed by atoms with Crippen LogP contribution in [0.4, 0.5) is 0 Å². The summed E-state index contributed by atoms with van der Waals surface area (Å²) in [5.41, 5.74) is 0. The molecule has 7 N–H and O–H groups in total. The van der Waals surface area contributed by atoms with Gasteiger partial charge in [0, 0.05) is 188 Å². The van der Waals surface area contributed by atoms with E-state index >= 15 is 0 Å². The Kier molecular flexibility index (Phi) is 52.0. The van der Waals surface area contributed by atoms with E-state index in [4.69, 9.17) is 85.3 Å². The molecule has 0 aromatic rings. The number of unbranched alkanes of at least 4 members (excludes halogenated alkanes) is 9. The largest absolute Gasteiger partial charge is 0.463 e. The van der Waals surface area contributed by atoms with Crippen molar-refractivity contribution in [1.29, 1.82) is 0 Å². The molecule has 0 aromatic carbocycles. The monoisotopic (exact) mass is 1790 g/mol. The van der Waals surface area contributed by atoms with Crippen LogP contribution in [-0.2, 0) is 162 Å². The number of carbonyl (C=O) groups is 16. The molecule has 125 heavy (non-hydrogen) atoms. The quantitative estimate of drug-likeness (QED) is 0.0259. The molecule has 4 rings (SSSR count). The van der Waals surface area contributed by atoms with Gasteiger partial charge < -0.3 is 127 Å². The van der Waals surface area contributed by atoms with Crippen molar-refractivity contribution in [3.63, 3.8) is 0 Å². The van der Waals surface area contributed by atoms with E-state index in [1.165, 1.54) is 41.5 Å². The van der Waals surface area contributed by atoms with Crippen LogP contribution in [0.5, 0.6) is 0 Å². The maximum absolute atomic E-state index is 14.4. The second-order valence-electron chi connectivity index (χ2n) is 31.0. The molecule has 42 nitrogen and oxygen atoms in total. The van der Waals surface area contributed by atoms with E-state index in [0.29, 0.717) is 96.4 Å². The summed E-state index contributed by atoms with van der Waals surface area (Å²) < 4.78 is 105. The first-order valence-electron chi connectivity index (χ1n) is 43.0. The molecule has 1 saturated carbocycles. The molecule has 3 saturated heterocycles. The van der Waals surface area contributed by atoms with Gasteiger partial charge in [0.1, 0.15) is 62.4 Å². The Morgan fingerprint density at radius 1 is 0.320 bits per heavy atom. The minimum Gasteiger partial charge on any atom is -0.463 e. The summed E-state index contributed by atoms with van der Waals surface area (Å²) in [5, 5.41) is 26.2. The number of ether oxygens (including phenoxy) is 18. The number of aliphatic hydroxyl groups excluding tert-OH is 1. The number of hydrogen-bond acceptors (Lipinski definition) is 35. The number of aliphatic hydroxyl groups is 1. The Labute approximate surface area is 729 Å². The van der Waals surface area contributed by atoms with E-state index in [1.807, 2.05) is 0 Å². The standard InChI is InChI=1S/C83H135N7O35/c1-49(92)87-70-77(120-58(10)101)74(117-55(7)98)64(46-114-52(4)95)123-81(70)111-38-24-16-19-30-67(104)84-33-27-41-108-62-44-61(80(107)90(13)36-22-14-15-23-37-91)45-63(109-42-28-34-85-68(105)31-20-17-25-39-112-82-71(88-50(2)93)78(121-59(11)102)75(118-56(8)99)65(124-82)47-115-53(5)96)73(62)110-43-29-35-86-69(106)32-21-18-26-40-113-83-72(89-51(3)94)79(122-60(12)103)76(119-57(9)100)66(125-83)48-116-54(6)97/h61-66,70-79,81-83,91H,14-48H2,1-13H3,(H,84,104)(H,85,105)(H,86,106)(H,87,92)(H,88,93)(H,89,94)/t61?,62-,63-,64-,65-,66-,70-,71-,72-,73?,74+,75+,76+,77-,78-,79-,81-,82-,83-/m1/s1. The number of hydrogen-bond donors (Lipinski definition) is 7. The van der Waals surface area contributed by atoms with Gasteiger partial charge in [0.05, 0.1) is 12.2 Å². The lowest BCUT2D eigenvalue weighted by molar-refractivity contribution is -0.277. The van der Waals surface area contributed by atoms with Crippen LogP contribution < -0.4 is 31.9 Å². The zero-order chi connectivity index (χ0) is 92.5. The summed E-state index contributed by atoms with van der Waals surface area (Å²) in [7, 11) is 1.74. The van der Waals surface area contributed by atoms with Gasteiger partial charge in [-0.1, -0.05) is 32.1 Å². The SMILES string of the molecule is CC(=O)N[C@H]1[C@H](OCCCCCC(=O)NCCCOC2[C@H](OCCCNC(=O)CCCCCO[C@@H]3O[C@H](COC(C)=O)[C@H](OC(C)=O)[C@H](OC(C)=O)[C@H]3NC(C)=O)CC(C(=O)N(C)CCCCCCO)C[C@H]2OCCCNC(=O)CCCCCO[C@@H]2O[C@H](COC(C)=O)[C@H](OC(C)=O)[C@H](OC(C)=O)[C@H]2NC(C)=O)O[C@H](COC(C)=O)[C@H](OC(C)=O)[C@@H]1OC(C)=O. The Balaban J connectivity index is 1.42. The fourth-order valence-electron chi connectivity index (χ4n) is 14.6. The first kappa shape index (κ1) is 108. The lowest BCUT2D eigenvalue weighted by Gasteiger charge is -2.44. The highest BCUT2D eigenvalue weighted by atomic mass is 16.7. The Morgan fingerprint density at radius 2 is 0.600 bits per heavy atom. The molecule has 7 amide bonds. The lowest BCUT2D eigenvalue weighted by Crippen LogP contribution is -2.66. The van der Waals surface area contributed by atoms with Crippen molar-refractivity contribution in [2.75, 3.05) is 99.3 Å². The first-order valence-corrected chi connectivity index (χ1v) is 43.0. The average molecular weight is 1790 g/mol. The van der Waals surface area contributed by atoms with Crippen molar-refractivity contribution in [2.45, 2.75) is 328 Å². The number of rotatable bonds is 58. The molecule has 0 aromatic heterocycles. The Morgan fingerprint density at radius 3 is 0.888 bits per heavy atom. The van der Waals surface area contributed by atoms with E-state index in [2.05, 4.69) is 31.9 Å². The van der Waals surface area contributed by atoms with Gasteiger partial charge in [-0.2, -0.15) is 0 Å². The van der Waals surface area contributed by atoms with Crippen LogP contribution in [0.15, 0.2) is 0 Å². The summed E-state index contributed by atoms with van der Waals surface area (Å²) in [6.45, 7) is 14.6. The molecule has 1 aliphatic carbocycles. The van der Waals surface area contributed by atoms with Crippen LogP contribution >= 0.6 is 0 Å². The third kappa shape index (κ3) is 43.5. The molecule has 0 spiro atoms. The molecule has 4 aliphatic rings. The highest BCUT2D eigenvalue weighted by molar-refractivity contribution is 5.80. The van der Waals surface area contributed by atoms with Crippen molar-refractivity contribution in [2.24, 2.45) is 5.92 Å². The van der Waals surface area contributed by atoms with Crippen LogP contribution in [0.25, 0.3) is 0 Å². The van der Waals surface area contributed by atoms with Crippen LogP contribution in [0.2, 0.25) is 0 Å². The molecular formula is C83H135N7O35. The van der Waals surface area contributed by atoms with E-state index in [1.54, 1.807) is 11.9 Å².